The fourth-order valence-electron chi connectivity index (χ4n) is 3.31. The quantitative estimate of drug-likeness (QED) is 0.757. The van der Waals surface area contributed by atoms with Crippen LogP contribution in [0.15, 0.2) is 60.9 Å². The number of hydrogen-bond donors (Lipinski definition) is 1. The molecule has 1 aliphatic rings. The summed E-state index contributed by atoms with van der Waals surface area (Å²) >= 11 is 0. The summed E-state index contributed by atoms with van der Waals surface area (Å²) in [6, 6.07) is 17.6. The second-order valence-corrected chi connectivity index (χ2v) is 6.29. The van der Waals surface area contributed by atoms with Crippen LogP contribution in [-0.4, -0.2) is 29.5 Å². The summed E-state index contributed by atoms with van der Waals surface area (Å²) in [7, 11) is 1.62. The van der Waals surface area contributed by atoms with Crippen molar-refractivity contribution < 1.29 is 9.53 Å². The van der Waals surface area contributed by atoms with Crippen molar-refractivity contribution >= 4 is 17.4 Å². The molecule has 1 aliphatic heterocycles. The zero-order valence-corrected chi connectivity index (χ0v) is 15.1. The summed E-state index contributed by atoms with van der Waals surface area (Å²) in [4.78, 5) is 23.2. The molecule has 0 saturated heterocycles. The molecule has 0 unspecified atom stereocenters. The minimum Gasteiger partial charge on any atom is -0.496 e. The smallest absolute Gasteiger partial charge is 0.270 e. The third-order valence-electron chi connectivity index (χ3n) is 4.68. The summed E-state index contributed by atoms with van der Waals surface area (Å²) in [6.45, 7) is 1.22. The van der Waals surface area contributed by atoms with E-state index in [2.05, 4.69) is 32.3 Å². The minimum atomic E-state index is -0.239. The van der Waals surface area contributed by atoms with Crippen molar-refractivity contribution in [2.75, 3.05) is 18.6 Å². The van der Waals surface area contributed by atoms with Gasteiger partial charge in [0.2, 0.25) is 0 Å². The van der Waals surface area contributed by atoms with Crippen molar-refractivity contribution in [3.8, 4) is 5.75 Å². The molecule has 0 aliphatic carbocycles. The minimum absolute atomic E-state index is 0.239. The first-order valence-electron chi connectivity index (χ1n) is 8.84. The average Bonchev–Trinajstić information content (AvgIpc) is 3.16. The van der Waals surface area contributed by atoms with Gasteiger partial charge in [-0.25, -0.2) is 9.97 Å². The Morgan fingerprint density at radius 3 is 2.85 bits per heavy atom. The zero-order valence-electron chi connectivity index (χ0n) is 15.1. The van der Waals surface area contributed by atoms with Gasteiger partial charge in [-0.2, -0.15) is 0 Å². The van der Waals surface area contributed by atoms with Crippen LogP contribution in [0.4, 0.5) is 11.5 Å². The van der Waals surface area contributed by atoms with Crippen molar-refractivity contribution in [1.82, 2.24) is 15.3 Å². The molecular formula is C21H20N4O2. The lowest BCUT2D eigenvalue weighted by molar-refractivity contribution is 0.0945. The van der Waals surface area contributed by atoms with Crippen LogP contribution in [0.1, 0.15) is 21.6 Å². The maximum absolute atomic E-state index is 12.6. The molecule has 3 aromatic rings. The SMILES string of the molecule is COc1ccccc1CNC(=O)c1cc(N2CCc3ccccc32)ncn1. The summed E-state index contributed by atoms with van der Waals surface area (Å²) in [6.07, 6.45) is 2.41. The van der Waals surface area contributed by atoms with Crippen molar-refractivity contribution in [1.29, 1.82) is 0 Å². The predicted molar refractivity (Wildman–Crippen MR) is 103 cm³/mol. The number of amides is 1. The van der Waals surface area contributed by atoms with Gasteiger partial charge < -0.3 is 15.0 Å². The number of para-hydroxylation sites is 2. The number of fused-ring (bicyclic) bond motifs is 1. The molecule has 2 aromatic carbocycles. The van der Waals surface area contributed by atoms with Crippen molar-refractivity contribution in [2.45, 2.75) is 13.0 Å². The molecule has 6 heteroatoms. The van der Waals surface area contributed by atoms with Gasteiger partial charge in [0.15, 0.2) is 0 Å². The van der Waals surface area contributed by atoms with Crippen molar-refractivity contribution in [2.24, 2.45) is 0 Å². The Bertz CT molecular complexity index is 974. The lowest BCUT2D eigenvalue weighted by atomic mass is 10.2. The number of nitrogens with zero attached hydrogens (tertiary/aromatic N) is 3. The van der Waals surface area contributed by atoms with Gasteiger partial charge in [-0.15, -0.1) is 0 Å². The van der Waals surface area contributed by atoms with Crippen LogP contribution in [-0.2, 0) is 13.0 Å². The number of ether oxygens (including phenoxy) is 1. The zero-order chi connectivity index (χ0) is 18.6. The van der Waals surface area contributed by atoms with Gasteiger partial charge in [0.05, 0.1) is 7.11 Å². The van der Waals surface area contributed by atoms with Crippen LogP contribution in [0.25, 0.3) is 0 Å². The molecule has 6 nitrogen and oxygen atoms in total. The highest BCUT2D eigenvalue weighted by Gasteiger charge is 2.22. The van der Waals surface area contributed by atoms with Crippen LogP contribution >= 0.6 is 0 Å². The van der Waals surface area contributed by atoms with Gasteiger partial charge in [0, 0.05) is 30.4 Å². The van der Waals surface area contributed by atoms with E-state index in [1.54, 1.807) is 13.2 Å². The van der Waals surface area contributed by atoms with Gasteiger partial charge in [0.1, 0.15) is 23.6 Å². The molecule has 1 amide bonds. The average molecular weight is 360 g/mol. The van der Waals surface area contributed by atoms with Gasteiger partial charge in [-0.3, -0.25) is 4.79 Å². The Labute approximate surface area is 157 Å². The van der Waals surface area contributed by atoms with Crippen LogP contribution in [0.3, 0.4) is 0 Å². The van der Waals surface area contributed by atoms with E-state index in [-0.39, 0.29) is 5.91 Å². The second kappa shape index (κ2) is 7.45. The second-order valence-electron chi connectivity index (χ2n) is 6.29. The molecule has 4 rings (SSSR count). The number of carbonyl (C=O) groups excluding carboxylic acids is 1. The van der Waals surface area contributed by atoms with Crippen molar-refractivity contribution in [3.63, 3.8) is 0 Å². The molecule has 1 aromatic heterocycles. The predicted octanol–water partition coefficient (Wildman–Crippen LogP) is 3.11. The maximum Gasteiger partial charge on any atom is 0.270 e. The fraction of sp³-hybridized carbons (Fsp3) is 0.190. The topological polar surface area (TPSA) is 67.3 Å². The molecule has 0 fully saturated rings. The van der Waals surface area contributed by atoms with Crippen molar-refractivity contribution in [3.05, 3.63) is 77.7 Å². The molecule has 0 spiro atoms. The van der Waals surface area contributed by atoms with Crippen LogP contribution in [0.5, 0.6) is 5.75 Å². The number of aromatic nitrogens is 2. The van der Waals surface area contributed by atoms with Gasteiger partial charge in [-0.05, 0) is 24.1 Å². The Morgan fingerprint density at radius 1 is 1.15 bits per heavy atom. The standard InChI is InChI=1S/C21H20N4O2/c1-27-19-9-5-3-7-16(19)13-22-21(26)17-12-20(24-14-23-17)25-11-10-15-6-2-4-8-18(15)25/h2-9,12,14H,10-11,13H2,1H3,(H,22,26). The van der Waals surface area contributed by atoms with Gasteiger partial charge in [0.25, 0.3) is 5.91 Å². The Kier molecular flexibility index (Phi) is 4.70. The van der Waals surface area contributed by atoms with Crippen LogP contribution in [0, 0.1) is 0 Å². The number of hydrogen-bond acceptors (Lipinski definition) is 5. The van der Waals surface area contributed by atoms with E-state index in [1.807, 2.05) is 36.4 Å². The van der Waals surface area contributed by atoms with E-state index in [1.165, 1.54) is 11.9 Å². The van der Waals surface area contributed by atoms with E-state index in [4.69, 9.17) is 4.74 Å². The van der Waals surface area contributed by atoms with Crippen LogP contribution < -0.4 is 15.0 Å². The third-order valence-corrected chi connectivity index (χ3v) is 4.68. The molecule has 0 radical (unpaired) electrons. The molecule has 1 N–H and O–H groups in total. The first kappa shape index (κ1) is 17.0. The number of rotatable bonds is 5. The van der Waals surface area contributed by atoms with Crippen LogP contribution in [0.2, 0.25) is 0 Å². The Hall–Kier alpha value is -3.41. The number of carbonyl (C=O) groups is 1. The summed E-state index contributed by atoms with van der Waals surface area (Å²) < 4.78 is 5.32. The number of benzene rings is 2. The van der Waals surface area contributed by atoms with E-state index in [0.29, 0.717) is 12.2 Å². The Balaban J connectivity index is 1.50. The first-order valence-corrected chi connectivity index (χ1v) is 8.84. The van der Waals surface area contributed by atoms with Gasteiger partial charge in [-0.1, -0.05) is 36.4 Å². The number of anilines is 2. The largest absolute Gasteiger partial charge is 0.496 e. The summed E-state index contributed by atoms with van der Waals surface area (Å²) in [5.41, 5.74) is 3.69. The highest BCUT2D eigenvalue weighted by atomic mass is 16.5. The van der Waals surface area contributed by atoms with E-state index >= 15 is 0 Å². The summed E-state index contributed by atoms with van der Waals surface area (Å²) in [5.74, 6) is 1.24. The normalized spacial score (nSPS) is 12.6. The highest BCUT2D eigenvalue weighted by Crippen LogP contribution is 2.33. The third kappa shape index (κ3) is 3.46. The Morgan fingerprint density at radius 2 is 1.96 bits per heavy atom. The van der Waals surface area contributed by atoms with E-state index < -0.39 is 0 Å². The lowest BCUT2D eigenvalue weighted by Crippen LogP contribution is -2.25. The molecule has 0 bridgehead atoms. The molecule has 0 atom stereocenters. The molecule has 136 valence electrons. The molecule has 0 saturated carbocycles. The monoisotopic (exact) mass is 360 g/mol. The fourth-order valence-corrected chi connectivity index (χ4v) is 3.31. The summed E-state index contributed by atoms with van der Waals surface area (Å²) in [5, 5.41) is 2.90. The lowest BCUT2D eigenvalue weighted by Gasteiger charge is -2.18. The van der Waals surface area contributed by atoms with Gasteiger partial charge >= 0.3 is 0 Å². The number of methoxy groups -OCH3 is 1. The van der Waals surface area contributed by atoms with E-state index in [9.17, 15) is 4.79 Å². The maximum atomic E-state index is 12.6. The number of nitrogens with one attached hydrogen (secondary N) is 1. The molecular weight excluding hydrogens is 340 g/mol. The highest BCUT2D eigenvalue weighted by molar-refractivity contribution is 5.93. The molecule has 27 heavy (non-hydrogen) atoms. The first-order chi connectivity index (χ1) is 13.3. The van der Waals surface area contributed by atoms with E-state index in [0.717, 1.165) is 35.8 Å². The molecule has 2 heterocycles.